The molecule has 1 amide bonds. The first-order chi connectivity index (χ1) is 10.3. The van der Waals surface area contributed by atoms with Crippen molar-refractivity contribution in [3.05, 3.63) is 11.5 Å². The normalized spacial score (nSPS) is 24.6. The largest absolute Gasteiger partial charge is 0.487 e. The van der Waals surface area contributed by atoms with Crippen molar-refractivity contribution in [2.24, 2.45) is 5.92 Å². The monoisotopic (exact) mass is 323 g/mol. The highest BCUT2D eigenvalue weighted by molar-refractivity contribution is 6.51. The van der Waals surface area contributed by atoms with Crippen molar-refractivity contribution >= 4 is 13.2 Å². The summed E-state index contributed by atoms with van der Waals surface area (Å²) in [6.45, 7) is 17.3. The van der Waals surface area contributed by atoms with E-state index in [1.165, 1.54) is 5.57 Å². The summed E-state index contributed by atoms with van der Waals surface area (Å²) in [4.78, 5) is 13.7. The number of nitrogens with zero attached hydrogens (tertiary/aromatic N) is 1. The van der Waals surface area contributed by atoms with E-state index >= 15 is 0 Å². The fourth-order valence-corrected chi connectivity index (χ4v) is 2.55. The Balaban J connectivity index is 1.87. The molecule has 0 N–H and O–H groups in total. The molecule has 0 atom stereocenters. The van der Waals surface area contributed by atoms with Gasteiger partial charge in [-0.25, -0.2) is 4.79 Å². The minimum absolute atomic E-state index is 0.239. The number of carbonyl (C=O) groups excluding carboxylic acids is 1. The van der Waals surface area contributed by atoms with E-state index in [2.05, 4.69) is 6.92 Å². The maximum Gasteiger partial charge on any atom is 0.487 e. The van der Waals surface area contributed by atoms with Crippen LogP contribution in [0.2, 0.25) is 0 Å². The second kappa shape index (κ2) is 5.81. The summed E-state index contributed by atoms with van der Waals surface area (Å²) in [5, 5.41) is 0. The lowest BCUT2D eigenvalue weighted by molar-refractivity contribution is 0.00373. The van der Waals surface area contributed by atoms with Crippen molar-refractivity contribution in [3.63, 3.8) is 0 Å². The molecule has 0 unspecified atom stereocenters. The number of rotatable bonds is 2. The van der Waals surface area contributed by atoms with Gasteiger partial charge in [-0.1, -0.05) is 11.5 Å². The van der Waals surface area contributed by atoms with Crippen molar-refractivity contribution in [1.29, 1.82) is 0 Å². The quantitative estimate of drug-likeness (QED) is 0.731. The Morgan fingerprint density at radius 1 is 1.17 bits per heavy atom. The highest BCUT2D eigenvalue weighted by atomic mass is 16.7. The summed E-state index contributed by atoms with van der Waals surface area (Å²) in [5.74, 6) is 2.38. The number of amides is 1. The average Bonchev–Trinajstić information content (AvgIpc) is 2.40. The number of carbonyl (C=O) groups is 1. The molecule has 2 rings (SSSR count). The van der Waals surface area contributed by atoms with Gasteiger partial charge in [-0.15, -0.1) is 0 Å². The van der Waals surface area contributed by atoms with E-state index in [1.54, 1.807) is 4.90 Å². The summed E-state index contributed by atoms with van der Waals surface area (Å²) in [5.41, 5.74) is 0.103. The van der Waals surface area contributed by atoms with E-state index in [0.717, 1.165) is 0 Å². The van der Waals surface area contributed by atoms with E-state index < -0.39 is 5.60 Å². The van der Waals surface area contributed by atoms with E-state index in [-0.39, 0.29) is 24.4 Å². The molecule has 0 aromatic carbocycles. The lowest BCUT2D eigenvalue weighted by Crippen LogP contribution is -2.52. The molecule has 0 aromatic rings. The molecular formula is C17H30BNO4. The second-order valence-electron chi connectivity index (χ2n) is 8.62. The lowest BCUT2D eigenvalue weighted by atomic mass is 9.81. The van der Waals surface area contributed by atoms with Gasteiger partial charge in [0.1, 0.15) is 5.60 Å². The molecule has 2 heterocycles. The van der Waals surface area contributed by atoms with Crippen LogP contribution in [0.15, 0.2) is 11.5 Å². The van der Waals surface area contributed by atoms with Crippen LogP contribution in [0, 0.1) is 5.92 Å². The van der Waals surface area contributed by atoms with Crippen molar-refractivity contribution in [2.75, 3.05) is 13.1 Å². The second-order valence-corrected chi connectivity index (χ2v) is 8.62. The average molecular weight is 323 g/mol. The Morgan fingerprint density at radius 3 is 2.09 bits per heavy atom. The van der Waals surface area contributed by atoms with Gasteiger partial charge in [0, 0.05) is 19.0 Å². The van der Waals surface area contributed by atoms with Crippen molar-refractivity contribution in [2.45, 2.75) is 72.2 Å². The molecule has 2 fully saturated rings. The van der Waals surface area contributed by atoms with Crippen molar-refractivity contribution in [3.8, 4) is 0 Å². The molecule has 0 aliphatic carbocycles. The minimum atomic E-state index is -0.449. The van der Waals surface area contributed by atoms with E-state index in [9.17, 15) is 4.79 Å². The molecule has 0 radical (unpaired) electrons. The lowest BCUT2D eigenvalue weighted by Gasteiger charge is -2.40. The van der Waals surface area contributed by atoms with Crippen LogP contribution in [-0.2, 0) is 14.0 Å². The van der Waals surface area contributed by atoms with Gasteiger partial charge in [0.05, 0.1) is 11.2 Å². The fraction of sp³-hybridized carbons (Fsp3) is 0.824. The topological polar surface area (TPSA) is 48.0 Å². The number of ether oxygens (including phenoxy) is 1. The highest BCUT2D eigenvalue weighted by Gasteiger charge is 2.50. The molecule has 23 heavy (non-hydrogen) atoms. The van der Waals surface area contributed by atoms with E-state index in [4.69, 9.17) is 14.0 Å². The molecule has 0 aromatic heterocycles. The van der Waals surface area contributed by atoms with Crippen LogP contribution >= 0.6 is 0 Å². The molecule has 2 aliphatic rings. The molecule has 6 heteroatoms. The summed E-state index contributed by atoms with van der Waals surface area (Å²) in [7, 11) is -0.324. The number of likely N-dealkylation sites (tertiary alicyclic amines) is 1. The summed E-state index contributed by atoms with van der Waals surface area (Å²) in [6.07, 6.45) is -0.239. The Hall–Kier alpha value is -1.01. The van der Waals surface area contributed by atoms with Gasteiger partial charge in [0.25, 0.3) is 0 Å². The van der Waals surface area contributed by atoms with Gasteiger partial charge in [-0.05, 0) is 55.4 Å². The Kier molecular flexibility index (Phi) is 4.64. The molecule has 130 valence electrons. The first-order valence-corrected chi connectivity index (χ1v) is 8.33. The molecule has 0 saturated carbocycles. The van der Waals surface area contributed by atoms with Crippen molar-refractivity contribution < 1.29 is 18.8 Å². The van der Waals surface area contributed by atoms with Crippen molar-refractivity contribution in [1.82, 2.24) is 4.90 Å². The van der Waals surface area contributed by atoms with E-state index in [0.29, 0.717) is 19.0 Å². The SMILES string of the molecule is C/C(=C/B1OC(C)(C)C(C)(C)O1)C1CN(C(=O)OC(C)(C)C)C1. The smallest absolute Gasteiger partial charge is 0.444 e. The van der Waals surface area contributed by atoms with Gasteiger partial charge in [-0.2, -0.15) is 0 Å². The van der Waals surface area contributed by atoms with Crippen LogP contribution in [0.5, 0.6) is 0 Å². The fourth-order valence-electron chi connectivity index (χ4n) is 2.55. The zero-order valence-corrected chi connectivity index (χ0v) is 15.7. The molecule has 0 spiro atoms. The van der Waals surface area contributed by atoms with Gasteiger partial charge < -0.3 is 18.9 Å². The van der Waals surface area contributed by atoms with Crippen LogP contribution in [0.1, 0.15) is 55.4 Å². The maximum atomic E-state index is 12.0. The summed E-state index contributed by atoms with van der Waals surface area (Å²) >= 11 is 0. The first kappa shape index (κ1) is 18.3. The van der Waals surface area contributed by atoms with E-state index in [1.807, 2.05) is 54.4 Å². The summed E-state index contributed by atoms with van der Waals surface area (Å²) < 4.78 is 17.4. The van der Waals surface area contributed by atoms with Gasteiger partial charge in [0.15, 0.2) is 0 Å². The molecule has 0 bridgehead atoms. The zero-order chi connectivity index (χ0) is 17.6. The third-order valence-electron chi connectivity index (χ3n) is 4.85. The summed E-state index contributed by atoms with van der Waals surface area (Å²) in [6, 6.07) is 0. The van der Waals surface area contributed by atoms with Crippen LogP contribution in [0.3, 0.4) is 0 Å². The Morgan fingerprint density at radius 2 is 1.65 bits per heavy atom. The number of hydrogen-bond donors (Lipinski definition) is 0. The maximum absolute atomic E-state index is 12.0. The van der Waals surface area contributed by atoms with Crippen LogP contribution in [0.25, 0.3) is 0 Å². The third kappa shape index (κ3) is 4.10. The first-order valence-electron chi connectivity index (χ1n) is 8.33. The standard InChI is InChI=1S/C17H30BNO4/c1-12(9-18-22-16(5,6)17(7,8)23-18)13-10-19(11-13)14(20)21-15(2,3)4/h9,13H,10-11H2,1-8H3/b12-9-. The minimum Gasteiger partial charge on any atom is -0.444 e. The zero-order valence-electron chi connectivity index (χ0n) is 15.7. The highest BCUT2D eigenvalue weighted by Crippen LogP contribution is 2.37. The predicted molar refractivity (Wildman–Crippen MR) is 91.1 cm³/mol. The van der Waals surface area contributed by atoms with Gasteiger partial charge in [-0.3, -0.25) is 0 Å². The van der Waals surface area contributed by atoms with Gasteiger partial charge >= 0.3 is 13.2 Å². The Bertz CT molecular complexity index is 485. The molecule has 2 saturated heterocycles. The predicted octanol–water partition coefficient (Wildman–Crippen LogP) is 3.43. The third-order valence-corrected chi connectivity index (χ3v) is 4.85. The number of hydrogen-bond acceptors (Lipinski definition) is 4. The van der Waals surface area contributed by atoms with Gasteiger partial charge in [0.2, 0.25) is 0 Å². The molecule has 5 nitrogen and oxygen atoms in total. The van der Waals surface area contributed by atoms with Crippen LogP contribution < -0.4 is 0 Å². The van der Waals surface area contributed by atoms with Crippen LogP contribution in [-0.4, -0.2) is 48.0 Å². The Labute approximate surface area is 140 Å². The molecule has 2 aliphatic heterocycles. The van der Waals surface area contributed by atoms with Crippen LogP contribution in [0.4, 0.5) is 4.79 Å². The molecular weight excluding hydrogens is 293 g/mol.